The van der Waals surface area contributed by atoms with E-state index in [1.54, 1.807) is 23.1 Å². The zero-order chi connectivity index (χ0) is 40.5. The highest BCUT2D eigenvalue weighted by atomic mass is 32.2. The number of rotatable bonds is 17. The topological polar surface area (TPSA) is 174 Å². The van der Waals surface area contributed by atoms with Crippen LogP contribution in [0.15, 0.2) is 47.9 Å². The number of benzene rings is 1. The number of likely N-dealkylation sites (tertiary alicyclic amines) is 1. The first-order valence-electron chi connectivity index (χ1n) is 20.1. The van der Waals surface area contributed by atoms with Gasteiger partial charge in [0.05, 0.1) is 10.9 Å². The predicted octanol–water partition coefficient (Wildman–Crippen LogP) is 4.39. The Morgan fingerprint density at radius 1 is 0.927 bits per heavy atom. The molecule has 1 heterocycles. The summed E-state index contributed by atoms with van der Waals surface area (Å²) in [6, 6.07) is 4.06. The Morgan fingerprint density at radius 3 is 2.15 bits per heavy atom. The van der Waals surface area contributed by atoms with Crippen LogP contribution in [0.3, 0.4) is 0 Å². The largest absolute Gasteiger partial charge is 0.346 e. The molecule has 1 aromatic rings. The minimum absolute atomic E-state index is 0.00696. The normalized spacial score (nSPS) is 21.3. The Hall–Kier alpha value is -3.78. The van der Waals surface area contributed by atoms with E-state index in [4.69, 9.17) is 0 Å². The average Bonchev–Trinajstić information content (AvgIpc) is 3.59. The second-order valence-corrected chi connectivity index (χ2v) is 19.2. The number of sulfonamides is 1. The van der Waals surface area contributed by atoms with E-state index >= 15 is 0 Å². The molecule has 1 unspecified atom stereocenters. The molecule has 1 aromatic carbocycles. The third-order valence-corrected chi connectivity index (χ3v) is 13.7. The van der Waals surface area contributed by atoms with Crippen LogP contribution < -0.4 is 21.3 Å². The first-order valence-corrected chi connectivity index (χ1v) is 21.5. The maximum absolute atomic E-state index is 14.8. The van der Waals surface area contributed by atoms with E-state index in [1.807, 2.05) is 34.6 Å². The van der Waals surface area contributed by atoms with Gasteiger partial charge in [-0.25, -0.2) is 13.2 Å². The van der Waals surface area contributed by atoms with Crippen molar-refractivity contribution in [3.05, 3.63) is 43.0 Å². The molecule has 0 bridgehead atoms. The van der Waals surface area contributed by atoms with Crippen LogP contribution >= 0.6 is 0 Å². The van der Waals surface area contributed by atoms with Crippen molar-refractivity contribution in [3.8, 4) is 0 Å². The van der Waals surface area contributed by atoms with Crippen LogP contribution in [0, 0.1) is 29.1 Å². The average molecular weight is 785 g/mol. The molecule has 5 atom stereocenters. The molecule has 0 radical (unpaired) electrons. The Labute approximate surface area is 328 Å². The molecule has 4 N–H and O–H groups in total. The van der Waals surface area contributed by atoms with Crippen molar-refractivity contribution in [2.75, 3.05) is 26.7 Å². The van der Waals surface area contributed by atoms with E-state index in [2.05, 4.69) is 27.8 Å². The first kappa shape index (κ1) is 43.9. The number of urea groups is 1. The summed E-state index contributed by atoms with van der Waals surface area (Å²) in [5, 5.41) is 11.4. The fourth-order valence-corrected chi connectivity index (χ4v) is 9.30. The highest BCUT2D eigenvalue weighted by molar-refractivity contribution is 7.89. The fourth-order valence-electron chi connectivity index (χ4n) is 8.09. The lowest BCUT2D eigenvalue weighted by atomic mass is 9.80. The van der Waals surface area contributed by atoms with Crippen LogP contribution in [0.5, 0.6) is 0 Å². The third-order valence-electron chi connectivity index (χ3n) is 11.8. The predicted molar refractivity (Wildman–Crippen MR) is 212 cm³/mol. The molecular weight excluding hydrogens is 721 g/mol. The molecule has 55 heavy (non-hydrogen) atoms. The molecular formula is C41H64N6O7S. The van der Waals surface area contributed by atoms with Gasteiger partial charge >= 0.3 is 6.03 Å². The van der Waals surface area contributed by atoms with Crippen molar-refractivity contribution in [2.24, 2.45) is 29.1 Å². The second-order valence-electron chi connectivity index (χ2n) is 17.1. The molecule has 3 fully saturated rings. The van der Waals surface area contributed by atoms with Gasteiger partial charge < -0.3 is 26.2 Å². The van der Waals surface area contributed by atoms with Crippen molar-refractivity contribution in [1.82, 2.24) is 30.5 Å². The molecule has 13 nitrogen and oxygen atoms in total. The summed E-state index contributed by atoms with van der Waals surface area (Å²) >= 11 is 0. The van der Waals surface area contributed by atoms with Gasteiger partial charge in [-0.1, -0.05) is 97.4 Å². The molecule has 3 aliphatic rings. The van der Waals surface area contributed by atoms with E-state index < -0.39 is 63.2 Å². The summed E-state index contributed by atoms with van der Waals surface area (Å²) in [5.41, 5.74) is -0.555. The van der Waals surface area contributed by atoms with Gasteiger partial charge in [0.25, 0.3) is 5.91 Å². The first-order chi connectivity index (χ1) is 25.9. The zero-order valence-corrected chi connectivity index (χ0v) is 34.5. The van der Waals surface area contributed by atoms with Crippen molar-refractivity contribution >= 4 is 39.6 Å². The summed E-state index contributed by atoms with van der Waals surface area (Å²) in [4.78, 5) is 70.9. The zero-order valence-electron chi connectivity index (χ0n) is 33.6. The minimum atomic E-state index is -3.83. The number of hydrogen-bond acceptors (Lipinski definition) is 7. The van der Waals surface area contributed by atoms with Gasteiger partial charge in [-0.15, -0.1) is 6.58 Å². The Kier molecular flexibility index (Phi) is 15.5. The van der Waals surface area contributed by atoms with Gasteiger partial charge in [0.2, 0.25) is 27.6 Å². The van der Waals surface area contributed by atoms with Crippen LogP contribution in [-0.4, -0.2) is 98.0 Å². The van der Waals surface area contributed by atoms with Crippen LogP contribution in [0.4, 0.5) is 4.79 Å². The van der Waals surface area contributed by atoms with Crippen LogP contribution in [0.2, 0.25) is 0 Å². The summed E-state index contributed by atoms with van der Waals surface area (Å²) in [6.07, 6.45) is 9.57. The lowest BCUT2D eigenvalue weighted by molar-refractivity contribution is -0.144. The van der Waals surface area contributed by atoms with Gasteiger partial charge in [0, 0.05) is 32.7 Å². The van der Waals surface area contributed by atoms with Gasteiger partial charge in [-0.05, 0) is 66.9 Å². The summed E-state index contributed by atoms with van der Waals surface area (Å²) in [6.45, 7) is 13.8. The number of carbonyl (C=O) groups excluding carboxylic acids is 5. The quantitative estimate of drug-likeness (QED) is 0.134. The number of likely N-dealkylation sites (N-methyl/N-ethyl adjacent to an activating group) is 1. The Bertz CT molecular complexity index is 1620. The third kappa shape index (κ3) is 11.4. The molecule has 2 aliphatic carbocycles. The molecule has 5 amide bonds. The minimum Gasteiger partial charge on any atom is -0.346 e. The van der Waals surface area contributed by atoms with Crippen LogP contribution in [0.1, 0.15) is 98.8 Å². The number of amides is 5. The second kappa shape index (κ2) is 19.4. The summed E-state index contributed by atoms with van der Waals surface area (Å²) in [7, 11) is -2.35. The van der Waals surface area contributed by atoms with Gasteiger partial charge in [0.15, 0.2) is 0 Å². The number of hydrogen-bond donors (Lipinski definition) is 4. The number of nitrogens with zero attached hydrogens (tertiary/aromatic N) is 2. The lowest BCUT2D eigenvalue weighted by Gasteiger charge is -2.38. The maximum Gasteiger partial charge on any atom is 0.315 e. The molecule has 306 valence electrons. The van der Waals surface area contributed by atoms with Crippen molar-refractivity contribution in [3.63, 3.8) is 0 Å². The molecule has 1 aliphatic heterocycles. The van der Waals surface area contributed by atoms with Crippen molar-refractivity contribution in [2.45, 2.75) is 128 Å². The maximum atomic E-state index is 14.8. The molecule has 0 aromatic heterocycles. The van der Waals surface area contributed by atoms with E-state index in [0.29, 0.717) is 19.4 Å². The molecule has 0 spiro atoms. The van der Waals surface area contributed by atoms with Crippen LogP contribution in [0.25, 0.3) is 0 Å². The highest BCUT2D eigenvalue weighted by Gasteiger charge is 2.47. The number of Topliss-reactive ketones (excluding diaryl/α,β-unsaturated/α-hetero) is 1. The van der Waals surface area contributed by atoms with E-state index in [-0.39, 0.29) is 47.6 Å². The van der Waals surface area contributed by atoms with E-state index in [0.717, 1.165) is 51.4 Å². The molecule has 2 saturated carbocycles. The van der Waals surface area contributed by atoms with Crippen LogP contribution in [-0.2, 0) is 29.2 Å². The smallest absolute Gasteiger partial charge is 0.315 e. The van der Waals surface area contributed by atoms with E-state index in [9.17, 15) is 32.4 Å². The molecule has 14 heteroatoms. The van der Waals surface area contributed by atoms with Crippen molar-refractivity contribution < 1.29 is 32.4 Å². The Balaban J connectivity index is 1.56. The fraction of sp³-hybridized carbons (Fsp3) is 0.683. The molecule has 1 saturated heterocycles. The lowest BCUT2D eigenvalue weighted by Crippen LogP contribution is -2.61. The standard InChI is InChI=1S/C41H64N6O7S/c1-8-23-42-38(50)36(48)32(25-28-16-15-17-28)43-37(49)35-31(27(2)3)22-24-47(35)39(51)34(29-18-11-9-12-19-29)45-40(52)44-33(41(4,5)6)26-46(7)55(53,54)30-20-13-10-14-21-30/h8,10,13-14,20-21,27-29,31-35H,1,9,11-12,15-19,22-26H2,2-7H3,(H,42,50)(H,43,49)(H2,44,45,52)/t31-,32?,33-,34+,35+/m1/s1. The Morgan fingerprint density at radius 2 is 1.58 bits per heavy atom. The number of ketones is 1. The number of carbonyl (C=O) groups is 5. The molecule has 4 rings (SSSR count). The SMILES string of the molecule is C=CCNC(=O)C(=O)C(CC1CCC1)NC(=O)[C@@H]1[C@@H](C(C)C)CCN1C(=O)[C@@H](NC(=O)N[C@H](CN(C)S(=O)(=O)c1ccccc1)C(C)(C)C)C1CCCCC1. The van der Waals surface area contributed by atoms with E-state index in [1.165, 1.54) is 29.6 Å². The monoisotopic (exact) mass is 784 g/mol. The van der Waals surface area contributed by atoms with Gasteiger partial charge in [-0.2, -0.15) is 4.31 Å². The highest BCUT2D eigenvalue weighted by Crippen LogP contribution is 2.35. The van der Waals surface area contributed by atoms with Gasteiger partial charge in [-0.3, -0.25) is 19.2 Å². The summed E-state index contributed by atoms with van der Waals surface area (Å²) in [5.74, 6) is -2.44. The van der Waals surface area contributed by atoms with Gasteiger partial charge in [0.1, 0.15) is 12.1 Å². The summed E-state index contributed by atoms with van der Waals surface area (Å²) < 4.78 is 28.0. The van der Waals surface area contributed by atoms with Crippen molar-refractivity contribution in [1.29, 1.82) is 0 Å². The number of nitrogens with one attached hydrogen (secondary N) is 4.